The van der Waals surface area contributed by atoms with Crippen molar-refractivity contribution in [2.45, 2.75) is 89.9 Å². The van der Waals surface area contributed by atoms with Crippen molar-refractivity contribution in [1.29, 1.82) is 0 Å². The maximum absolute atomic E-state index is 12.4. The van der Waals surface area contributed by atoms with Gasteiger partial charge in [0.15, 0.2) is 0 Å². The standard InChI is InChI=1S/C21H34BrNO4/c1-21(2,3)27-20(25)23-17(13-15-9-5-4-6-10-15)18-14-16(19(24)26-18)11-7-8-12-22/h7-8,15-18H,4-6,9-14H2,1-3H3,(H,23,25)/t16-,17+,18+/m1/s1. The zero-order chi connectivity index (χ0) is 19.9. The molecule has 0 bridgehead atoms. The largest absolute Gasteiger partial charge is 0.460 e. The lowest BCUT2D eigenvalue weighted by molar-refractivity contribution is -0.145. The van der Waals surface area contributed by atoms with Gasteiger partial charge in [0.2, 0.25) is 0 Å². The minimum atomic E-state index is -0.547. The van der Waals surface area contributed by atoms with Crippen LogP contribution in [0.5, 0.6) is 0 Å². The third-order valence-corrected chi connectivity index (χ3v) is 5.63. The summed E-state index contributed by atoms with van der Waals surface area (Å²) < 4.78 is 11.1. The molecule has 1 N–H and O–H groups in total. The van der Waals surface area contributed by atoms with Crippen LogP contribution in [0, 0.1) is 11.8 Å². The molecule has 2 rings (SSSR count). The van der Waals surface area contributed by atoms with Crippen molar-refractivity contribution in [3.8, 4) is 0 Å². The summed E-state index contributed by atoms with van der Waals surface area (Å²) in [4.78, 5) is 24.6. The molecule has 3 atom stereocenters. The zero-order valence-electron chi connectivity index (χ0n) is 16.8. The summed E-state index contributed by atoms with van der Waals surface area (Å²) in [6.07, 6.45) is 11.7. The molecule has 1 saturated carbocycles. The summed E-state index contributed by atoms with van der Waals surface area (Å²) in [6, 6.07) is -0.183. The van der Waals surface area contributed by atoms with Crippen LogP contribution in [0.4, 0.5) is 4.79 Å². The topological polar surface area (TPSA) is 64.6 Å². The molecule has 1 aliphatic carbocycles. The Labute approximate surface area is 171 Å². The second-order valence-corrected chi connectivity index (χ2v) is 9.41. The molecule has 27 heavy (non-hydrogen) atoms. The highest BCUT2D eigenvalue weighted by molar-refractivity contribution is 9.09. The predicted octanol–water partition coefficient (Wildman–Crippen LogP) is 5.12. The number of halogens is 1. The van der Waals surface area contributed by atoms with E-state index in [9.17, 15) is 9.59 Å². The molecule has 0 aromatic rings. The second kappa shape index (κ2) is 10.5. The van der Waals surface area contributed by atoms with Gasteiger partial charge in [-0.25, -0.2) is 4.79 Å². The first-order chi connectivity index (χ1) is 12.8. The number of amides is 1. The van der Waals surface area contributed by atoms with Crippen LogP contribution in [0.3, 0.4) is 0 Å². The minimum absolute atomic E-state index is 0.125. The molecule has 2 fully saturated rings. The Balaban J connectivity index is 2.00. The Bertz CT molecular complexity index is 523. The van der Waals surface area contributed by atoms with Crippen molar-refractivity contribution in [3.05, 3.63) is 12.2 Å². The van der Waals surface area contributed by atoms with Crippen molar-refractivity contribution in [1.82, 2.24) is 5.32 Å². The van der Waals surface area contributed by atoms with Gasteiger partial charge in [-0.05, 0) is 46.0 Å². The van der Waals surface area contributed by atoms with E-state index in [-0.39, 0.29) is 24.0 Å². The number of hydrogen-bond donors (Lipinski definition) is 1. The van der Waals surface area contributed by atoms with E-state index in [2.05, 4.69) is 21.2 Å². The van der Waals surface area contributed by atoms with Crippen LogP contribution in [-0.4, -0.2) is 35.1 Å². The van der Waals surface area contributed by atoms with Gasteiger partial charge in [0.1, 0.15) is 11.7 Å². The predicted molar refractivity (Wildman–Crippen MR) is 110 cm³/mol. The molecule has 0 aromatic carbocycles. The molecule has 0 aromatic heterocycles. The molecule has 1 amide bonds. The van der Waals surface area contributed by atoms with Crippen molar-refractivity contribution < 1.29 is 19.1 Å². The number of allylic oxidation sites excluding steroid dienone is 2. The third-order valence-electron chi connectivity index (χ3n) is 5.26. The van der Waals surface area contributed by atoms with E-state index in [0.717, 1.165) is 11.8 Å². The fourth-order valence-electron chi connectivity index (χ4n) is 3.98. The zero-order valence-corrected chi connectivity index (χ0v) is 18.4. The average Bonchev–Trinajstić information content (AvgIpc) is 2.95. The molecule has 0 radical (unpaired) electrons. The number of rotatable bonds is 7. The van der Waals surface area contributed by atoms with E-state index in [1.165, 1.54) is 32.1 Å². The van der Waals surface area contributed by atoms with Crippen molar-refractivity contribution in [2.75, 3.05) is 5.33 Å². The number of alkyl carbamates (subject to hydrolysis) is 1. The van der Waals surface area contributed by atoms with Crippen LogP contribution in [0.2, 0.25) is 0 Å². The first-order valence-corrected chi connectivity index (χ1v) is 11.3. The first-order valence-electron chi connectivity index (χ1n) is 10.2. The fraction of sp³-hybridized carbons (Fsp3) is 0.810. The molecule has 5 nitrogen and oxygen atoms in total. The quantitative estimate of drug-likeness (QED) is 0.336. The highest BCUT2D eigenvalue weighted by atomic mass is 79.9. The molecule has 0 unspecified atom stereocenters. The molecule has 2 aliphatic rings. The molecule has 1 aliphatic heterocycles. The Morgan fingerprint density at radius 2 is 2.00 bits per heavy atom. The number of alkyl halides is 1. The number of ether oxygens (including phenoxy) is 2. The summed E-state index contributed by atoms with van der Waals surface area (Å²) in [7, 11) is 0. The van der Waals surface area contributed by atoms with Gasteiger partial charge in [0, 0.05) is 5.33 Å². The van der Waals surface area contributed by atoms with Gasteiger partial charge in [0.25, 0.3) is 0 Å². The van der Waals surface area contributed by atoms with E-state index in [1.54, 1.807) is 0 Å². The normalized spacial score (nSPS) is 25.4. The van der Waals surface area contributed by atoms with Gasteiger partial charge in [-0.3, -0.25) is 4.79 Å². The lowest BCUT2D eigenvalue weighted by atomic mass is 9.83. The summed E-state index contributed by atoms with van der Waals surface area (Å²) in [6.45, 7) is 5.56. The Kier molecular flexibility index (Phi) is 8.64. The van der Waals surface area contributed by atoms with Crippen LogP contribution < -0.4 is 5.32 Å². The Hall–Kier alpha value is -1.04. The van der Waals surface area contributed by atoms with E-state index >= 15 is 0 Å². The molecule has 1 heterocycles. The smallest absolute Gasteiger partial charge is 0.408 e. The van der Waals surface area contributed by atoms with Crippen LogP contribution in [-0.2, 0) is 14.3 Å². The van der Waals surface area contributed by atoms with E-state index < -0.39 is 11.7 Å². The van der Waals surface area contributed by atoms with Crippen molar-refractivity contribution >= 4 is 28.0 Å². The highest BCUT2D eigenvalue weighted by Crippen LogP contribution is 2.33. The Morgan fingerprint density at radius 3 is 2.63 bits per heavy atom. The summed E-state index contributed by atoms with van der Waals surface area (Å²) in [5.41, 5.74) is -0.547. The van der Waals surface area contributed by atoms with Crippen molar-refractivity contribution in [2.24, 2.45) is 11.8 Å². The van der Waals surface area contributed by atoms with E-state index in [0.29, 0.717) is 18.8 Å². The fourth-order valence-corrected chi connectivity index (χ4v) is 4.24. The van der Waals surface area contributed by atoms with Gasteiger partial charge in [-0.15, -0.1) is 0 Å². The minimum Gasteiger partial charge on any atom is -0.460 e. The lowest BCUT2D eigenvalue weighted by Gasteiger charge is -2.30. The molecular weight excluding hydrogens is 410 g/mol. The Morgan fingerprint density at radius 1 is 1.30 bits per heavy atom. The average molecular weight is 444 g/mol. The summed E-state index contributed by atoms with van der Waals surface area (Å²) >= 11 is 3.35. The maximum Gasteiger partial charge on any atom is 0.408 e. The van der Waals surface area contributed by atoms with Crippen LogP contribution >= 0.6 is 15.9 Å². The van der Waals surface area contributed by atoms with Gasteiger partial charge >= 0.3 is 12.1 Å². The number of esters is 1. The monoisotopic (exact) mass is 443 g/mol. The second-order valence-electron chi connectivity index (χ2n) is 8.76. The summed E-state index contributed by atoms with van der Waals surface area (Å²) in [5, 5.41) is 3.79. The van der Waals surface area contributed by atoms with Crippen LogP contribution in [0.1, 0.15) is 72.1 Å². The van der Waals surface area contributed by atoms with Crippen LogP contribution in [0.15, 0.2) is 12.2 Å². The third kappa shape index (κ3) is 7.84. The highest BCUT2D eigenvalue weighted by Gasteiger charge is 2.40. The van der Waals surface area contributed by atoms with Gasteiger partial charge < -0.3 is 14.8 Å². The van der Waals surface area contributed by atoms with E-state index in [1.807, 2.05) is 32.9 Å². The lowest BCUT2D eigenvalue weighted by Crippen LogP contribution is -2.46. The SMILES string of the molecule is CC(C)(C)OC(=O)N[C@@H](CC1CCCCC1)[C@@H]1C[C@@H](CC=CCBr)C(=O)O1. The number of nitrogens with one attached hydrogen (secondary N) is 1. The van der Waals surface area contributed by atoms with Gasteiger partial charge in [-0.1, -0.05) is 60.2 Å². The molecular formula is C21H34BrNO4. The molecule has 154 valence electrons. The van der Waals surface area contributed by atoms with Gasteiger partial charge in [0.05, 0.1) is 12.0 Å². The van der Waals surface area contributed by atoms with Crippen molar-refractivity contribution in [3.63, 3.8) is 0 Å². The molecule has 1 saturated heterocycles. The summed E-state index contributed by atoms with van der Waals surface area (Å²) in [5.74, 6) is 0.295. The van der Waals surface area contributed by atoms with Crippen LogP contribution in [0.25, 0.3) is 0 Å². The number of hydrogen-bond acceptors (Lipinski definition) is 4. The maximum atomic E-state index is 12.4. The first kappa shape index (κ1) is 22.3. The number of cyclic esters (lactones) is 1. The van der Waals surface area contributed by atoms with Gasteiger partial charge in [-0.2, -0.15) is 0 Å². The molecule has 0 spiro atoms. The van der Waals surface area contributed by atoms with E-state index in [4.69, 9.17) is 9.47 Å². The molecule has 6 heteroatoms. The number of carbonyl (C=O) groups is 2. The number of carbonyl (C=O) groups excluding carboxylic acids is 2.